The molecular formula is C20H33N9S2. The topological polar surface area (TPSA) is 114 Å². The summed E-state index contributed by atoms with van der Waals surface area (Å²) in [5.74, 6) is 1.04. The van der Waals surface area contributed by atoms with Crippen LogP contribution in [0.15, 0.2) is 10.2 Å². The van der Waals surface area contributed by atoms with E-state index in [1.54, 1.807) is 0 Å². The Bertz CT molecular complexity index is 741. The van der Waals surface area contributed by atoms with E-state index in [1.807, 2.05) is 13.8 Å². The first-order valence-electron chi connectivity index (χ1n) is 11.2. The fourth-order valence-electron chi connectivity index (χ4n) is 3.89. The number of nitrogens with zero attached hydrogens (tertiary/aromatic N) is 4. The first kappa shape index (κ1) is 23.5. The van der Waals surface area contributed by atoms with Crippen molar-refractivity contribution >= 4 is 46.1 Å². The molecule has 9 nitrogen and oxygen atoms in total. The van der Waals surface area contributed by atoms with Gasteiger partial charge < -0.3 is 10.6 Å². The zero-order chi connectivity index (χ0) is 22.1. The molecule has 170 valence electrons. The van der Waals surface area contributed by atoms with E-state index in [0.717, 1.165) is 25.7 Å². The van der Waals surface area contributed by atoms with E-state index < -0.39 is 0 Å². The Morgan fingerprint density at radius 3 is 1.81 bits per heavy atom. The molecule has 0 amide bonds. The smallest absolute Gasteiger partial charge is 0.197 e. The van der Waals surface area contributed by atoms with Gasteiger partial charge in [-0.1, -0.05) is 38.5 Å². The Labute approximate surface area is 194 Å². The van der Waals surface area contributed by atoms with Crippen molar-refractivity contribution in [2.24, 2.45) is 10.2 Å². The van der Waals surface area contributed by atoms with Crippen molar-refractivity contribution in [3.05, 3.63) is 11.6 Å². The van der Waals surface area contributed by atoms with E-state index in [0.29, 0.717) is 45.4 Å². The third-order valence-corrected chi connectivity index (χ3v) is 6.10. The Morgan fingerprint density at radius 2 is 1.29 bits per heavy atom. The highest BCUT2D eigenvalue weighted by atomic mass is 32.1. The van der Waals surface area contributed by atoms with Crippen LogP contribution < -0.4 is 21.5 Å². The lowest BCUT2D eigenvalue weighted by Gasteiger charge is -2.23. The van der Waals surface area contributed by atoms with Gasteiger partial charge in [-0.25, -0.2) is 4.98 Å². The van der Waals surface area contributed by atoms with Crippen molar-refractivity contribution in [1.82, 2.24) is 36.7 Å². The molecule has 0 spiro atoms. The van der Waals surface area contributed by atoms with Gasteiger partial charge in [-0.15, -0.1) is 0 Å². The van der Waals surface area contributed by atoms with Crippen LogP contribution in [0.5, 0.6) is 0 Å². The maximum Gasteiger partial charge on any atom is 0.197 e. The number of H-pyrrole nitrogens is 1. The molecule has 0 saturated heterocycles. The number of nitrogens with one attached hydrogen (secondary N) is 5. The third-order valence-electron chi connectivity index (χ3n) is 5.68. The van der Waals surface area contributed by atoms with Gasteiger partial charge in [0.05, 0.1) is 0 Å². The quantitative estimate of drug-likeness (QED) is 0.249. The Morgan fingerprint density at radius 1 is 0.806 bits per heavy atom. The summed E-state index contributed by atoms with van der Waals surface area (Å²) in [6, 6.07) is 0.871. The van der Waals surface area contributed by atoms with Crippen molar-refractivity contribution < 1.29 is 0 Å². The minimum absolute atomic E-state index is 0.435. The highest BCUT2D eigenvalue weighted by Gasteiger charge is 2.15. The van der Waals surface area contributed by atoms with Gasteiger partial charge in [0.1, 0.15) is 11.4 Å². The number of hydrogen-bond acceptors (Lipinski definition) is 6. The fraction of sp³-hybridized carbons (Fsp3) is 0.700. The average Bonchev–Trinajstić information content (AvgIpc) is 3.28. The van der Waals surface area contributed by atoms with E-state index in [9.17, 15) is 0 Å². The Hall–Kier alpha value is -2.14. The van der Waals surface area contributed by atoms with Crippen LogP contribution >= 0.6 is 24.4 Å². The second-order valence-corrected chi connectivity index (χ2v) is 9.06. The molecule has 11 heteroatoms. The van der Waals surface area contributed by atoms with E-state index in [-0.39, 0.29) is 0 Å². The summed E-state index contributed by atoms with van der Waals surface area (Å²) in [5.41, 5.74) is 7.07. The van der Waals surface area contributed by atoms with Gasteiger partial charge in [-0.3, -0.25) is 16.0 Å². The summed E-state index contributed by atoms with van der Waals surface area (Å²) >= 11 is 10.7. The van der Waals surface area contributed by atoms with Crippen molar-refractivity contribution in [3.8, 4) is 0 Å². The molecule has 0 radical (unpaired) electrons. The second-order valence-electron chi connectivity index (χ2n) is 8.24. The number of hydrogen-bond donors (Lipinski definition) is 5. The molecule has 0 bridgehead atoms. The molecule has 0 unspecified atom stereocenters. The maximum atomic E-state index is 5.35. The molecule has 2 saturated carbocycles. The molecule has 1 aromatic heterocycles. The first-order chi connectivity index (χ1) is 15.0. The van der Waals surface area contributed by atoms with Gasteiger partial charge in [0, 0.05) is 12.1 Å². The minimum Gasteiger partial charge on any atom is -0.359 e. The predicted octanol–water partition coefficient (Wildman–Crippen LogP) is 2.85. The van der Waals surface area contributed by atoms with Crippen LogP contribution in [0.25, 0.3) is 0 Å². The average molecular weight is 464 g/mol. The first-order valence-corrected chi connectivity index (χ1v) is 12.0. The molecular weight excluding hydrogens is 430 g/mol. The summed E-state index contributed by atoms with van der Waals surface area (Å²) in [6.45, 7) is 3.67. The van der Waals surface area contributed by atoms with Gasteiger partial charge in [0.2, 0.25) is 0 Å². The number of aromatic nitrogens is 3. The molecule has 2 aliphatic rings. The SMILES string of the molecule is CC(=NNC(=S)NC1CCCCC1)c1n[nH]c(C(C)=NNC(=S)NC2CCCCC2)n1. The lowest BCUT2D eigenvalue weighted by Crippen LogP contribution is -2.41. The normalized spacial score (nSPS) is 19.0. The standard InChI is InChI=1S/C20H33N9S2/c1-13(24-28-19(30)21-15-9-5-3-6-10-15)17-23-18(27-26-17)14(2)25-29-20(31)22-16-11-7-4-8-12-16/h15-16H,3-12H2,1-2H3,(H2,21,28,30)(H2,22,29,31)(H,23,26,27). The van der Waals surface area contributed by atoms with Gasteiger partial charge in [0.15, 0.2) is 21.9 Å². The lowest BCUT2D eigenvalue weighted by atomic mass is 9.96. The molecule has 3 rings (SSSR count). The number of thiocarbonyl (C=S) groups is 2. The highest BCUT2D eigenvalue weighted by Crippen LogP contribution is 2.17. The van der Waals surface area contributed by atoms with Crippen LogP contribution in [0.3, 0.4) is 0 Å². The zero-order valence-corrected chi connectivity index (χ0v) is 20.0. The largest absolute Gasteiger partial charge is 0.359 e. The van der Waals surface area contributed by atoms with E-state index >= 15 is 0 Å². The van der Waals surface area contributed by atoms with Crippen molar-refractivity contribution in [2.75, 3.05) is 0 Å². The molecule has 1 heterocycles. The number of hydrazone groups is 2. The molecule has 31 heavy (non-hydrogen) atoms. The van der Waals surface area contributed by atoms with Crippen molar-refractivity contribution in [1.29, 1.82) is 0 Å². The lowest BCUT2D eigenvalue weighted by molar-refractivity contribution is 0.412. The van der Waals surface area contributed by atoms with Gasteiger partial charge in [-0.05, 0) is 64.0 Å². The summed E-state index contributed by atoms with van der Waals surface area (Å²) in [6.07, 6.45) is 12.2. The van der Waals surface area contributed by atoms with Crippen molar-refractivity contribution in [2.45, 2.75) is 90.1 Å². The van der Waals surface area contributed by atoms with Crippen LogP contribution in [0.1, 0.15) is 89.7 Å². The second kappa shape index (κ2) is 12.0. The fourth-order valence-corrected chi connectivity index (χ4v) is 4.31. The molecule has 0 atom stereocenters. The van der Waals surface area contributed by atoms with Crippen LogP contribution in [-0.4, -0.2) is 48.9 Å². The number of rotatable bonds is 6. The summed E-state index contributed by atoms with van der Waals surface area (Å²) in [7, 11) is 0. The Balaban J connectivity index is 1.47. The molecule has 5 N–H and O–H groups in total. The van der Waals surface area contributed by atoms with E-state index in [2.05, 4.69) is 46.9 Å². The zero-order valence-electron chi connectivity index (χ0n) is 18.3. The molecule has 0 aromatic carbocycles. The summed E-state index contributed by atoms with van der Waals surface area (Å²) in [5, 5.41) is 23.5. The molecule has 2 aliphatic carbocycles. The monoisotopic (exact) mass is 463 g/mol. The molecule has 1 aromatic rings. The van der Waals surface area contributed by atoms with Crippen LogP contribution in [0.2, 0.25) is 0 Å². The van der Waals surface area contributed by atoms with E-state index in [4.69, 9.17) is 24.4 Å². The number of aromatic amines is 1. The van der Waals surface area contributed by atoms with Gasteiger partial charge >= 0.3 is 0 Å². The minimum atomic E-state index is 0.435. The Kier molecular flexibility index (Phi) is 9.13. The van der Waals surface area contributed by atoms with Crippen molar-refractivity contribution in [3.63, 3.8) is 0 Å². The maximum absolute atomic E-state index is 5.35. The summed E-state index contributed by atoms with van der Waals surface area (Å²) < 4.78 is 0. The van der Waals surface area contributed by atoms with Crippen LogP contribution in [0.4, 0.5) is 0 Å². The summed E-state index contributed by atoms with van der Waals surface area (Å²) in [4.78, 5) is 4.46. The predicted molar refractivity (Wildman–Crippen MR) is 132 cm³/mol. The van der Waals surface area contributed by atoms with Crippen LogP contribution in [0, 0.1) is 0 Å². The third kappa shape index (κ3) is 7.80. The van der Waals surface area contributed by atoms with Gasteiger partial charge in [0.25, 0.3) is 0 Å². The molecule has 2 fully saturated rings. The van der Waals surface area contributed by atoms with E-state index in [1.165, 1.54) is 38.5 Å². The van der Waals surface area contributed by atoms with Gasteiger partial charge in [-0.2, -0.15) is 15.3 Å². The molecule has 0 aliphatic heterocycles. The van der Waals surface area contributed by atoms with Crippen LogP contribution in [-0.2, 0) is 0 Å². The highest BCUT2D eigenvalue weighted by molar-refractivity contribution is 7.80.